The zero-order chi connectivity index (χ0) is 19.4. The van der Waals surface area contributed by atoms with Crippen LogP contribution in [0, 0.1) is 6.92 Å². The minimum Gasteiger partial charge on any atom is -0.493 e. The van der Waals surface area contributed by atoms with Gasteiger partial charge in [0.25, 0.3) is 0 Å². The van der Waals surface area contributed by atoms with Gasteiger partial charge in [0, 0.05) is 17.3 Å². The second-order valence-corrected chi connectivity index (χ2v) is 5.87. The van der Waals surface area contributed by atoms with Gasteiger partial charge in [0.1, 0.15) is 5.71 Å². The molecule has 1 N–H and O–H groups in total. The Kier molecular flexibility index (Phi) is 5.30. The molecule has 3 aromatic rings. The molecule has 0 spiro atoms. The highest BCUT2D eigenvalue weighted by atomic mass is 16.5. The van der Waals surface area contributed by atoms with E-state index >= 15 is 0 Å². The number of hydrogen-bond donors (Lipinski definition) is 1. The summed E-state index contributed by atoms with van der Waals surface area (Å²) in [5.74, 6) is 1.41. The van der Waals surface area contributed by atoms with Crippen LogP contribution < -0.4 is 14.2 Å². The van der Waals surface area contributed by atoms with Crippen molar-refractivity contribution in [3.05, 3.63) is 65.5 Å². The van der Waals surface area contributed by atoms with Crippen LogP contribution >= 0.6 is 0 Å². The van der Waals surface area contributed by atoms with Crippen molar-refractivity contribution in [2.45, 2.75) is 6.92 Å². The number of methoxy groups -OCH3 is 3. The van der Waals surface area contributed by atoms with Crippen molar-refractivity contribution < 1.29 is 19.4 Å². The molecule has 0 saturated carbocycles. The van der Waals surface area contributed by atoms with Crippen molar-refractivity contribution in [1.82, 2.24) is 9.78 Å². The Labute approximate surface area is 157 Å². The molecule has 0 aliphatic heterocycles. The maximum Gasteiger partial charge on any atom is 0.203 e. The van der Waals surface area contributed by atoms with Gasteiger partial charge in [-0.3, -0.25) is 0 Å². The number of aryl methyl sites for hydroxylation is 1. The highest BCUT2D eigenvalue weighted by molar-refractivity contribution is 6.13. The lowest BCUT2D eigenvalue weighted by molar-refractivity contribution is 0.318. The summed E-state index contributed by atoms with van der Waals surface area (Å²) < 4.78 is 17.8. The molecule has 27 heavy (non-hydrogen) atoms. The van der Waals surface area contributed by atoms with Crippen LogP contribution in [0.25, 0.3) is 5.69 Å². The molecule has 3 rings (SSSR count). The SMILES string of the molecule is COc1cc(/C(=N\O)c2cnn(-c3ccc(C)cc3)c2)cc(OC)c1OC. The monoisotopic (exact) mass is 367 g/mol. The van der Waals surface area contributed by atoms with E-state index in [1.807, 2.05) is 31.2 Å². The lowest BCUT2D eigenvalue weighted by Gasteiger charge is -2.14. The maximum atomic E-state index is 9.64. The van der Waals surface area contributed by atoms with Crippen LogP contribution in [0.5, 0.6) is 17.2 Å². The third-order valence-corrected chi connectivity index (χ3v) is 4.19. The third kappa shape index (κ3) is 3.57. The van der Waals surface area contributed by atoms with E-state index < -0.39 is 0 Å². The Morgan fingerprint density at radius 2 is 1.59 bits per heavy atom. The molecule has 0 fully saturated rings. The Hall–Kier alpha value is -3.48. The number of nitrogens with zero attached hydrogens (tertiary/aromatic N) is 3. The average Bonchev–Trinajstić information content (AvgIpc) is 3.18. The molecule has 1 aromatic heterocycles. The predicted molar refractivity (Wildman–Crippen MR) is 102 cm³/mol. The van der Waals surface area contributed by atoms with Gasteiger partial charge in [-0.2, -0.15) is 5.10 Å². The zero-order valence-electron chi connectivity index (χ0n) is 15.6. The van der Waals surface area contributed by atoms with E-state index in [2.05, 4.69) is 10.3 Å². The smallest absolute Gasteiger partial charge is 0.203 e. The van der Waals surface area contributed by atoms with Gasteiger partial charge >= 0.3 is 0 Å². The second kappa shape index (κ2) is 7.82. The summed E-state index contributed by atoms with van der Waals surface area (Å²) in [4.78, 5) is 0. The number of benzene rings is 2. The van der Waals surface area contributed by atoms with E-state index in [0.717, 1.165) is 5.69 Å². The van der Waals surface area contributed by atoms with Crippen LogP contribution in [0.4, 0.5) is 0 Å². The molecule has 0 radical (unpaired) electrons. The fourth-order valence-corrected chi connectivity index (χ4v) is 2.78. The molecule has 0 aliphatic rings. The fourth-order valence-electron chi connectivity index (χ4n) is 2.78. The molecule has 0 atom stereocenters. The zero-order valence-corrected chi connectivity index (χ0v) is 15.6. The van der Waals surface area contributed by atoms with Gasteiger partial charge in [0.2, 0.25) is 5.75 Å². The third-order valence-electron chi connectivity index (χ3n) is 4.19. The Morgan fingerprint density at radius 1 is 0.963 bits per heavy atom. The minimum atomic E-state index is 0.340. The first-order valence-electron chi connectivity index (χ1n) is 8.25. The van der Waals surface area contributed by atoms with Crippen molar-refractivity contribution in [2.75, 3.05) is 21.3 Å². The minimum absolute atomic E-state index is 0.340. The van der Waals surface area contributed by atoms with Crippen LogP contribution in [0.2, 0.25) is 0 Å². The summed E-state index contributed by atoms with van der Waals surface area (Å²) >= 11 is 0. The first kappa shape index (κ1) is 18.3. The van der Waals surface area contributed by atoms with Crippen LogP contribution in [0.3, 0.4) is 0 Å². The number of ether oxygens (including phenoxy) is 3. The Morgan fingerprint density at radius 3 is 2.11 bits per heavy atom. The second-order valence-electron chi connectivity index (χ2n) is 5.87. The molecule has 0 aliphatic carbocycles. The molecule has 0 bridgehead atoms. The lowest BCUT2D eigenvalue weighted by atomic mass is 10.0. The molecule has 0 saturated heterocycles. The summed E-state index contributed by atoms with van der Waals surface area (Å²) in [6.07, 6.45) is 3.43. The van der Waals surface area contributed by atoms with Gasteiger partial charge in [-0.1, -0.05) is 22.9 Å². The standard InChI is InChI=1S/C20H21N3O4/c1-13-5-7-16(8-6-13)23-12-15(11-21-23)19(22-24)14-9-17(25-2)20(27-4)18(10-14)26-3/h5-12,24H,1-4H3/b22-19+. The van der Waals surface area contributed by atoms with E-state index in [1.165, 1.54) is 26.9 Å². The van der Waals surface area contributed by atoms with Crippen molar-refractivity contribution in [3.8, 4) is 22.9 Å². The molecule has 0 amide bonds. The predicted octanol–water partition coefficient (Wildman–Crippen LogP) is 3.43. The van der Waals surface area contributed by atoms with Crippen molar-refractivity contribution in [1.29, 1.82) is 0 Å². The molecule has 1 heterocycles. The van der Waals surface area contributed by atoms with E-state index in [9.17, 15) is 5.21 Å². The Bertz CT molecular complexity index is 937. The number of rotatable bonds is 6. The molecule has 2 aromatic carbocycles. The van der Waals surface area contributed by atoms with Crippen LogP contribution in [0.15, 0.2) is 53.9 Å². The molecule has 7 heteroatoms. The molecular formula is C20H21N3O4. The van der Waals surface area contributed by atoms with Gasteiger partial charge in [-0.15, -0.1) is 0 Å². The van der Waals surface area contributed by atoms with E-state index in [4.69, 9.17) is 14.2 Å². The van der Waals surface area contributed by atoms with E-state index in [0.29, 0.717) is 34.1 Å². The number of aromatic nitrogens is 2. The number of hydrogen-bond acceptors (Lipinski definition) is 6. The number of oxime groups is 1. The largest absolute Gasteiger partial charge is 0.493 e. The van der Waals surface area contributed by atoms with Crippen LogP contribution in [-0.4, -0.2) is 42.0 Å². The van der Waals surface area contributed by atoms with E-state index in [1.54, 1.807) is 29.2 Å². The van der Waals surface area contributed by atoms with Gasteiger partial charge in [0.05, 0.1) is 33.2 Å². The summed E-state index contributed by atoms with van der Waals surface area (Å²) in [7, 11) is 4.60. The summed E-state index contributed by atoms with van der Waals surface area (Å²) in [5, 5.41) is 17.5. The molecule has 7 nitrogen and oxygen atoms in total. The normalized spacial score (nSPS) is 11.3. The quantitative estimate of drug-likeness (QED) is 0.410. The highest BCUT2D eigenvalue weighted by Crippen LogP contribution is 2.38. The first-order chi connectivity index (χ1) is 13.1. The van der Waals surface area contributed by atoms with Crippen molar-refractivity contribution in [2.24, 2.45) is 5.16 Å². The average molecular weight is 367 g/mol. The van der Waals surface area contributed by atoms with Gasteiger partial charge in [0.15, 0.2) is 11.5 Å². The molecule has 0 unspecified atom stereocenters. The van der Waals surface area contributed by atoms with Crippen molar-refractivity contribution >= 4 is 5.71 Å². The topological polar surface area (TPSA) is 78.1 Å². The van der Waals surface area contributed by atoms with E-state index in [-0.39, 0.29) is 0 Å². The first-order valence-corrected chi connectivity index (χ1v) is 8.25. The summed E-state index contributed by atoms with van der Waals surface area (Å²) in [5.41, 5.74) is 3.67. The van der Waals surface area contributed by atoms with Gasteiger partial charge in [-0.25, -0.2) is 4.68 Å². The summed E-state index contributed by atoms with van der Waals surface area (Å²) in [6.45, 7) is 2.03. The van der Waals surface area contributed by atoms with Gasteiger partial charge < -0.3 is 19.4 Å². The fraction of sp³-hybridized carbons (Fsp3) is 0.200. The van der Waals surface area contributed by atoms with Gasteiger partial charge in [-0.05, 0) is 31.2 Å². The Balaban J connectivity index is 2.02. The van der Waals surface area contributed by atoms with Crippen LogP contribution in [0.1, 0.15) is 16.7 Å². The van der Waals surface area contributed by atoms with Crippen molar-refractivity contribution in [3.63, 3.8) is 0 Å². The lowest BCUT2D eigenvalue weighted by Crippen LogP contribution is -2.05. The highest BCUT2D eigenvalue weighted by Gasteiger charge is 2.18. The summed E-state index contributed by atoms with van der Waals surface area (Å²) in [6, 6.07) is 11.4. The molecule has 140 valence electrons. The maximum absolute atomic E-state index is 9.64. The van der Waals surface area contributed by atoms with Crippen LogP contribution in [-0.2, 0) is 0 Å². The molecular weight excluding hydrogens is 346 g/mol.